The SMILES string of the molecule is COC(=O)c1c(CN2C(=O)c3ccccc3C2=O)cnn1C. The molecule has 1 aliphatic heterocycles. The molecule has 2 heterocycles. The number of carbonyl (C=O) groups excluding carboxylic acids is 3. The summed E-state index contributed by atoms with van der Waals surface area (Å²) in [6.45, 7) is -0.0232. The first kappa shape index (κ1) is 14.0. The van der Waals surface area contributed by atoms with Crippen LogP contribution in [0.1, 0.15) is 36.8 Å². The van der Waals surface area contributed by atoms with Crippen molar-refractivity contribution >= 4 is 17.8 Å². The van der Waals surface area contributed by atoms with Gasteiger partial charge < -0.3 is 4.74 Å². The zero-order chi connectivity index (χ0) is 15.9. The lowest BCUT2D eigenvalue weighted by molar-refractivity contribution is 0.0572. The first-order valence-corrected chi connectivity index (χ1v) is 6.59. The van der Waals surface area contributed by atoms with Crippen LogP contribution in [0.15, 0.2) is 30.5 Å². The minimum absolute atomic E-state index is 0.0232. The number of benzene rings is 1. The standard InChI is InChI=1S/C15H13N3O4/c1-17-12(15(21)22-2)9(7-16-17)8-18-13(19)10-5-3-4-6-11(10)14(18)20/h3-7H,8H2,1-2H3. The van der Waals surface area contributed by atoms with Crippen LogP contribution in [0.5, 0.6) is 0 Å². The van der Waals surface area contributed by atoms with E-state index >= 15 is 0 Å². The van der Waals surface area contributed by atoms with Crippen LogP contribution in [0.2, 0.25) is 0 Å². The van der Waals surface area contributed by atoms with Crippen LogP contribution in [0.4, 0.5) is 0 Å². The number of esters is 1. The van der Waals surface area contributed by atoms with Gasteiger partial charge in [0.05, 0.1) is 31.0 Å². The summed E-state index contributed by atoms with van der Waals surface area (Å²) in [5.74, 6) is -1.31. The number of imide groups is 1. The summed E-state index contributed by atoms with van der Waals surface area (Å²) < 4.78 is 6.07. The first-order chi connectivity index (χ1) is 10.5. The second-order valence-electron chi connectivity index (χ2n) is 4.88. The van der Waals surface area contributed by atoms with Gasteiger partial charge in [-0.3, -0.25) is 19.2 Å². The van der Waals surface area contributed by atoms with Crippen LogP contribution in [0, 0.1) is 0 Å². The number of carbonyl (C=O) groups is 3. The van der Waals surface area contributed by atoms with Crippen molar-refractivity contribution in [3.05, 3.63) is 52.8 Å². The van der Waals surface area contributed by atoms with Crippen LogP contribution in [0.25, 0.3) is 0 Å². The van der Waals surface area contributed by atoms with Crippen molar-refractivity contribution in [2.45, 2.75) is 6.54 Å². The van der Waals surface area contributed by atoms with E-state index < -0.39 is 5.97 Å². The van der Waals surface area contributed by atoms with Crippen LogP contribution in [-0.4, -0.2) is 39.6 Å². The second kappa shape index (κ2) is 5.10. The fraction of sp³-hybridized carbons (Fsp3) is 0.200. The molecular weight excluding hydrogens is 286 g/mol. The maximum absolute atomic E-state index is 12.3. The molecule has 0 saturated heterocycles. The van der Waals surface area contributed by atoms with Crippen LogP contribution < -0.4 is 0 Å². The van der Waals surface area contributed by atoms with E-state index in [2.05, 4.69) is 5.10 Å². The Morgan fingerprint density at radius 2 is 1.77 bits per heavy atom. The highest BCUT2D eigenvalue weighted by Crippen LogP contribution is 2.25. The molecule has 2 aromatic rings. The van der Waals surface area contributed by atoms with Crippen molar-refractivity contribution in [3.63, 3.8) is 0 Å². The normalized spacial score (nSPS) is 13.5. The summed E-state index contributed by atoms with van der Waals surface area (Å²) >= 11 is 0. The first-order valence-electron chi connectivity index (χ1n) is 6.59. The van der Waals surface area contributed by atoms with E-state index in [9.17, 15) is 14.4 Å². The number of nitrogens with zero attached hydrogens (tertiary/aromatic N) is 3. The number of hydrogen-bond donors (Lipinski definition) is 0. The number of methoxy groups -OCH3 is 1. The van der Waals surface area contributed by atoms with Crippen molar-refractivity contribution in [2.75, 3.05) is 7.11 Å². The molecule has 0 saturated carbocycles. The van der Waals surface area contributed by atoms with Crippen molar-refractivity contribution in [1.29, 1.82) is 0 Å². The lowest BCUT2D eigenvalue weighted by Crippen LogP contribution is -2.29. The summed E-state index contributed by atoms with van der Waals surface area (Å²) in [6.07, 6.45) is 1.45. The Labute approximate surface area is 126 Å². The number of amides is 2. The molecule has 1 aromatic carbocycles. The van der Waals surface area contributed by atoms with Crippen molar-refractivity contribution in [3.8, 4) is 0 Å². The molecule has 0 N–H and O–H groups in total. The summed E-state index contributed by atoms with van der Waals surface area (Å²) in [7, 11) is 2.86. The molecule has 7 heteroatoms. The third-order valence-electron chi connectivity index (χ3n) is 3.60. The van der Waals surface area contributed by atoms with Crippen molar-refractivity contribution in [1.82, 2.24) is 14.7 Å². The minimum Gasteiger partial charge on any atom is -0.464 e. The molecule has 0 unspecified atom stereocenters. The van der Waals surface area contributed by atoms with E-state index in [1.807, 2.05) is 0 Å². The summed E-state index contributed by atoms with van der Waals surface area (Å²) in [4.78, 5) is 37.6. The average molecular weight is 299 g/mol. The van der Waals surface area contributed by atoms with Crippen LogP contribution in [-0.2, 0) is 18.3 Å². The highest BCUT2D eigenvalue weighted by Gasteiger charge is 2.36. The largest absolute Gasteiger partial charge is 0.464 e. The molecule has 0 aliphatic carbocycles. The van der Waals surface area contributed by atoms with Gasteiger partial charge in [-0.15, -0.1) is 0 Å². The Balaban J connectivity index is 1.95. The zero-order valence-electron chi connectivity index (χ0n) is 12.1. The summed E-state index contributed by atoms with van der Waals surface area (Å²) in [6, 6.07) is 6.63. The molecule has 0 fully saturated rings. The number of ether oxygens (including phenoxy) is 1. The average Bonchev–Trinajstić information content (AvgIpc) is 3.01. The third kappa shape index (κ3) is 1.98. The molecule has 0 bridgehead atoms. The predicted molar refractivity (Wildman–Crippen MR) is 75.2 cm³/mol. The minimum atomic E-state index is -0.563. The van der Waals surface area contributed by atoms with E-state index in [0.29, 0.717) is 16.7 Å². The molecule has 1 aromatic heterocycles. The predicted octanol–water partition coefficient (Wildman–Crippen LogP) is 1.00. The van der Waals surface area contributed by atoms with Crippen LogP contribution >= 0.6 is 0 Å². The summed E-state index contributed by atoms with van der Waals surface area (Å²) in [5.41, 5.74) is 1.43. The number of hydrogen-bond acceptors (Lipinski definition) is 5. The molecule has 2 amide bonds. The summed E-state index contributed by atoms with van der Waals surface area (Å²) in [5, 5.41) is 3.99. The Morgan fingerprint density at radius 3 is 2.32 bits per heavy atom. The Kier molecular flexibility index (Phi) is 3.25. The van der Waals surface area contributed by atoms with E-state index in [1.165, 1.54) is 18.0 Å². The smallest absolute Gasteiger partial charge is 0.356 e. The number of aromatic nitrogens is 2. The van der Waals surface area contributed by atoms with Gasteiger partial charge in [0.25, 0.3) is 11.8 Å². The number of fused-ring (bicyclic) bond motifs is 1. The van der Waals surface area contributed by atoms with Gasteiger partial charge in [0, 0.05) is 12.6 Å². The lowest BCUT2D eigenvalue weighted by atomic mass is 10.1. The molecule has 7 nitrogen and oxygen atoms in total. The van der Waals surface area contributed by atoms with Crippen molar-refractivity contribution in [2.24, 2.45) is 7.05 Å². The van der Waals surface area contributed by atoms with E-state index in [0.717, 1.165) is 4.90 Å². The number of aryl methyl sites for hydroxylation is 1. The Bertz CT molecular complexity index is 759. The topological polar surface area (TPSA) is 81.5 Å². The number of rotatable bonds is 3. The molecule has 0 atom stereocenters. The van der Waals surface area contributed by atoms with Gasteiger partial charge in [-0.2, -0.15) is 5.10 Å². The van der Waals surface area contributed by atoms with Crippen molar-refractivity contribution < 1.29 is 19.1 Å². The molecule has 112 valence electrons. The molecular formula is C15H13N3O4. The molecule has 22 heavy (non-hydrogen) atoms. The molecule has 1 aliphatic rings. The quantitative estimate of drug-likeness (QED) is 0.624. The highest BCUT2D eigenvalue weighted by atomic mass is 16.5. The molecule has 0 spiro atoms. The zero-order valence-corrected chi connectivity index (χ0v) is 12.1. The highest BCUT2D eigenvalue weighted by molar-refractivity contribution is 6.21. The third-order valence-corrected chi connectivity index (χ3v) is 3.60. The maximum Gasteiger partial charge on any atom is 0.356 e. The van der Waals surface area contributed by atoms with E-state index in [1.54, 1.807) is 31.3 Å². The molecule has 0 radical (unpaired) electrons. The Hall–Kier alpha value is -2.96. The van der Waals surface area contributed by atoms with Gasteiger partial charge in [-0.1, -0.05) is 12.1 Å². The van der Waals surface area contributed by atoms with Gasteiger partial charge in [0.15, 0.2) is 5.69 Å². The maximum atomic E-state index is 12.3. The molecule has 3 rings (SSSR count). The fourth-order valence-corrected chi connectivity index (χ4v) is 2.51. The lowest BCUT2D eigenvalue weighted by Gasteiger charge is -2.13. The fourth-order valence-electron chi connectivity index (χ4n) is 2.51. The second-order valence-corrected chi connectivity index (χ2v) is 4.88. The van der Waals surface area contributed by atoms with Crippen LogP contribution in [0.3, 0.4) is 0 Å². The van der Waals surface area contributed by atoms with E-state index in [-0.39, 0.29) is 24.1 Å². The Morgan fingerprint density at radius 1 is 1.18 bits per heavy atom. The van der Waals surface area contributed by atoms with Gasteiger partial charge in [-0.25, -0.2) is 4.79 Å². The van der Waals surface area contributed by atoms with Gasteiger partial charge >= 0.3 is 5.97 Å². The van der Waals surface area contributed by atoms with Gasteiger partial charge in [0.2, 0.25) is 0 Å². The van der Waals surface area contributed by atoms with E-state index in [4.69, 9.17) is 4.74 Å². The van der Waals surface area contributed by atoms with Gasteiger partial charge in [0.1, 0.15) is 0 Å². The monoisotopic (exact) mass is 299 g/mol. The van der Waals surface area contributed by atoms with Gasteiger partial charge in [-0.05, 0) is 12.1 Å².